The van der Waals surface area contributed by atoms with Gasteiger partial charge in [0.05, 0.1) is 5.41 Å². The summed E-state index contributed by atoms with van der Waals surface area (Å²) in [7, 11) is 1.97. The van der Waals surface area contributed by atoms with Gasteiger partial charge in [0, 0.05) is 31.3 Å². The SMILES string of the molecule is CNC[C@H]1CCN(C(=O)C2(c3ccccc3Cl)CCOCC2)C1. The molecule has 126 valence electrons. The second-order valence-corrected chi connectivity index (χ2v) is 7.05. The Morgan fingerprint density at radius 1 is 1.39 bits per heavy atom. The molecule has 2 heterocycles. The monoisotopic (exact) mass is 336 g/mol. The molecule has 4 nitrogen and oxygen atoms in total. The summed E-state index contributed by atoms with van der Waals surface area (Å²) in [6, 6.07) is 7.78. The van der Waals surface area contributed by atoms with Gasteiger partial charge in [0.25, 0.3) is 0 Å². The van der Waals surface area contributed by atoms with Gasteiger partial charge in [-0.1, -0.05) is 29.8 Å². The van der Waals surface area contributed by atoms with Gasteiger partial charge < -0.3 is 15.0 Å². The number of hydrogen-bond acceptors (Lipinski definition) is 3. The fourth-order valence-electron chi connectivity index (χ4n) is 3.94. The second-order valence-electron chi connectivity index (χ2n) is 6.64. The first-order valence-electron chi connectivity index (χ1n) is 8.44. The van der Waals surface area contributed by atoms with Gasteiger partial charge in [-0.05, 0) is 50.4 Å². The van der Waals surface area contributed by atoms with Gasteiger partial charge in [-0.25, -0.2) is 0 Å². The van der Waals surface area contributed by atoms with Crippen LogP contribution in [-0.2, 0) is 14.9 Å². The summed E-state index contributed by atoms with van der Waals surface area (Å²) in [6.07, 6.45) is 2.49. The number of hydrogen-bond donors (Lipinski definition) is 1. The van der Waals surface area contributed by atoms with E-state index in [4.69, 9.17) is 16.3 Å². The molecule has 0 radical (unpaired) electrons. The van der Waals surface area contributed by atoms with Crippen LogP contribution in [0.25, 0.3) is 0 Å². The van der Waals surface area contributed by atoms with Crippen molar-refractivity contribution in [3.63, 3.8) is 0 Å². The Bertz CT molecular complexity index is 558. The lowest BCUT2D eigenvalue weighted by Gasteiger charge is -2.39. The first-order valence-corrected chi connectivity index (χ1v) is 8.82. The van der Waals surface area contributed by atoms with Crippen LogP contribution < -0.4 is 5.32 Å². The molecule has 0 spiro atoms. The fraction of sp³-hybridized carbons (Fsp3) is 0.611. The number of benzene rings is 1. The Morgan fingerprint density at radius 2 is 2.13 bits per heavy atom. The van der Waals surface area contributed by atoms with Gasteiger partial charge in [-0.2, -0.15) is 0 Å². The lowest BCUT2D eigenvalue weighted by molar-refractivity contribution is -0.140. The van der Waals surface area contributed by atoms with E-state index in [2.05, 4.69) is 5.32 Å². The molecule has 1 atom stereocenters. The van der Waals surface area contributed by atoms with Crippen LogP contribution in [0.1, 0.15) is 24.8 Å². The van der Waals surface area contributed by atoms with Crippen molar-refractivity contribution < 1.29 is 9.53 Å². The summed E-state index contributed by atoms with van der Waals surface area (Å²) in [6.45, 7) is 3.88. The maximum Gasteiger partial charge on any atom is 0.233 e. The number of amides is 1. The first-order chi connectivity index (χ1) is 11.2. The summed E-state index contributed by atoms with van der Waals surface area (Å²) in [5, 5.41) is 3.91. The predicted molar refractivity (Wildman–Crippen MR) is 91.8 cm³/mol. The summed E-state index contributed by atoms with van der Waals surface area (Å²) in [4.78, 5) is 15.5. The third kappa shape index (κ3) is 3.25. The van der Waals surface area contributed by atoms with E-state index in [9.17, 15) is 4.79 Å². The lowest BCUT2D eigenvalue weighted by Crippen LogP contribution is -2.49. The zero-order chi connectivity index (χ0) is 16.3. The zero-order valence-corrected chi connectivity index (χ0v) is 14.4. The normalized spacial score (nSPS) is 23.9. The minimum atomic E-state index is -0.523. The Kier molecular flexibility index (Phi) is 5.24. The molecule has 23 heavy (non-hydrogen) atoms. The van der Waals surface area contributed by atoms with Gasteiger partial charge in [-0.15, -0.1) is 0 Å². The number of rotatable bonds is 4. The summed E-state index contributed by atoms with van der Waals surface area (Å²) < 4.78 is 5.53. The van der Waals surface area contributed by atoms with Crippen molar-refractivity contribution in [2.75, 3.05) is 39.9 Å². The molecule has 0 bridgehead atoms. The molecule has 0 aliphatic carbocycles. The Balaban J connectivity index is 1.88. The van der Waals surface area contributed by atoms with Crippen LogP contribution in [0, 0.1) is 5.92 Å². The van der Waals surface area contributed by atoms with Crippen LogP contribution >= 0.6 is 11.6 Å². The number of ether oxygens (including phenoxy) is 1. The molecule has 1 amide bonds. The molecule has 0 aromatic heterocycles. The van der Waals surface area contributed by atoms with E-state index in [1.165, 1.54) is 0 Å². The van der Waals surface area contributed by atoms with Crippen molar-refractivity contribution in [1.29, 1.82) is 0 Å². The lowest BCUT2D eigenvalue weighted by atomic mass is 9.73. The highest BCUT2D eigenvalue weighted by Gasteiger charge is 2.46. The zero-order valence-electron chi connectivity index (χ0n) is 13.7. The molecule has 1 aromatic rings. The van der Waals surface area contributed by atoms with Crippen LogP contribution in [0.15, 0.2) is 24.3 Å². The highest BCUT2D eigenvalue weighted by molar-refractivity contribution is 6.31. The van der Waals surface area contributed by atoms with Crippen molar-refractivity contribution in [3.05, 3.63) is 34.9 Å². The summed E-state index contributed by atoms with van der Waals surface area (Å²) in [5.41, 5.74) is 0.442. The minimum absolute atomic E-state index is 0.229. The van der Waals surface area contributed by atoms with E-state index in [1.807, 2.05) is 36.2 Å². The number of halogens is 1. The number of likely N-dealkylation sites (tertiary alicyclic amines) is 1. The first kappa shape index (κ1) is 16.7. The van der Waals surface area contributed by atoms with Crippen LogP contribution in [-0.4, -0.2) is 50.7 Å². The second kappa shape index (κ2) is 7.20. The van der Waals surface area contributed by atoms with Crippen molar-refractivity contribution in [3.8, 4) is 0 Å². The van der Waals surface area contributed by atoms with Gasteiger partial charge in [0.15, 0.2) is 0 Å². The molecule has 1 aromatic carbocycles. The average molecular weight is 337 g/mol. The highest BCUT2D eigenvalue weighted by Crippen LogP contribution is 2.41. The van der Waals surface area contributed by atoms with Crippen molar-refractivity contribution in [2.24, 2.45) is 5.92 Å². The van der Waals surface area contributed by atoms with Crippen LogP contribution in [0.5, 0.6) is 0 Å². The third-order valence-corrected chi connectivity index (χ3v) is 5.54. The molecule has 1 N–H and O–H groups in total. The van der Waals surface area contributed by atoms with Crippen LogP contribution in [0.4, 0.5) is 0 Å². The highest BCUT2D eigenvalue weighted by atomic mass is 35.5. The molecule has 2 fully saturated rings. The largest absolute Gasteiger partial charge is 0.381 e. The third-order valence-electron chi connectivity index (χ3n) is 5.21. The summed E-state index contributed by atoms with van der Waals surface area (Å²) >= 11 is 6.45. The molecular weight excluding hydrogens is 312 g/mol. The molecular formula is C18H25ClN2O2. The molecule has 3 rings (SSSR count). The number of nitrogens with one attached hydrogen (secondary N) is 1. The quantitative estimate of drug-likeness (QED) is 0.918. The van der Waals surface area contributed by atoms with Gasteiger partial charge in [-0.3, -0.25) is 4.79 Å². The Morgan fingerprint density at radius 3 is 2.83 bits per heavy atom. The van der Waals surface area contributed by atoms with Crippen molar-refractivity contribution in [2.45, 2.75) is 24.7 Å². The molecule has 2 saturated heterocycles. The van der Waals surface area contributed by atoms with E-state index in [0.29, 0.717) is 37.0 Å². The van der Waals surface area contributed by atoms with Gasteiger partial charge >= 0.3 is 0 Å². The van der Waals surface area contributed by atoms with Crippen molar-refractivity contribution in [1.82, 2.24) is 10.2 Å². The standard InChI is InChI=1S/C18H25ClN2O2/c1-20-12-14-6-9-21(13-14)17(22)18(7-10-23-11-8-18)15-4-2-3-5-16(15)19/h2-5,14,20H,6-13H2,1H3/t14-/m1/s1. The smallest absolute Gasteiger partial charge is 0.233 e. The van der Waals surface area contributed by atoms with Gasteiger partial charge in [0.2, 0.25) is 5.91 Å². The van der Waals surface area contributed by atoms with E-state index >= 15 is 0 Å². The van der Waals surface area contributed by atoms with Crippen LogP contribution in [0.2, 0.25) is 5.02 Å². The topological polar surface area (TPSA) is 41.6 Å². The predicted octanol–water partition coefficient (Wildman–Crippen LogP) is 2.46. The number of carbonyl (C=O) groups is 1. The Labute approximate surface area is 143 Å². The number of nitrogens with zero attached hydrogens (tertiary/aromatic N) is 1. The van der Waals surface area contributed by atoms with Gasteiger partial charge in [0.1, 0.15) is 0 Å². The molecule has 0 unspecified atom stereocenters. The van der Waals surface area contributed by atoms with E-state index in [0.717, 1.165) is 31.6 Å². The van der Waals surface area contributed by atoms with E-state index in [1.54, 1.807) is 0 Å². The minimum Gasteiger partial charge on any atom is -0.381 e. The van der Waals surface area contributed by atoms with E-state index in [-0.39, 0.29) is 5.91 Å². The Hall–Kier alpha value is -1.10. The fourth-order valence-corrected chi connectivity index (χ4v) is 4.26. The average Bonchev–Trinajstić information content (AvgIpc) is 3.04. The molecule has 2 aliphatic rings. The maximum atomic E-state index is 13.4. The number of carbonyl (C=O) groups excluding carboxylic acids is 1. The molecule has 0 saturated carbocycles. The van der Waals surface area contributed by atoms with E-state index < -0.39 is 5.41 Å². The molecule has 5 heteroatoms. The maximum absolute atomic E-state index is 13.4. The van der Waals surface area contributed by atoms with Crippen LogP contribution in [0.3, 0.4) is 0 Å². The van der Waals surface area contributed by atoms with Crippen molar-refractivity contribution >= 4 is 17.5 Å². The summed E-state index contributed by atoms with van der Waals surface area (Å²) in [5.74, 6) is 0.777. The molecule has 2 aliphatic heterocycles.